The van der Waals surface area contributed by atoms with Crippen LogP contribution in [0.4, 0.5) is 0 Å². The molecule has 9 rings (SSSR count). The lowest BCUT2D eigenvalue weighted by molar-refractivity contribution is 0.647. The van der Waals surface area contributed by atoms with Crippen LogP contribution >= 0.6 is 0 Å². The highest BCUT2D eigenvalue weighted by Gasteiger charge is 2.44. The van der Waals surface area contributed by atoms with Crippen LogP contribution in [0.2, 0.25) is 0 Å². The van der Waals surface area contributed by atoms with Gasteiger partial charge in [0.05, 0.1) is 0 Å². The number of aryl methyl sites for hydroxylation is 1. The molecule has 0 unspecified atom stereocenters. The number of fused-ring (bicyclic) bond motifs is 6. The van der Waals surface area contributed by atoms with Gasteiger partial charge in [0.1, 0.15) is 0 Å². The number of rotatable bonds is 3. The predicted octanol–water partition coefficient (Wildman–Crippen LogP) is 12.4. The molecule has 222 valence electrons. The third kappa shape index (κ3) is 3.56. The van der Waals surface area contributed by atoms with Gasteiger partial charge in [0.25, 0.3) is 0 Å². The van der Waals surface area contributed by atoms with Crippen LogP contribution in [0, 0.1) is 6.92 Å². The summed E-state index contributed by atoms with van der Waals surface area (Å²) in [5.74, 6) is 0. The maximum Gasteiger partial charge on any atom is 0.0159 e. The highest BCUT2D eigenvalue weighted by molar-refractivity contribution is 6.26. The molecule has 0 saturated carbocycles. The van der Waals surface area contributed by atoms with Crippen LogP contribution in [0.1, 0.15) is 67.5 Å². The summed E-state index contributed by atoms with van der Waals surface area (Å²) in [5, 5.41) is 8.18. The summed E-state index contributed by atoms with van der Waals surface area (Å²) in [6.07, 6.45) is 11.7. The van der Waals surface area contributed by atoms with Crippen LogP contribution in [0.15, 0.2) is 133 Å². The van der Waals surface area contributed by atoms with Crippen LogP contribution in [0.3, 0.4) is 0 Å². The molecule has 0 saturated heterocycles. The molecule has 3 aliphatic carbocycles. The molecule has 0 heterocycles. The number of hydrogen-bond donors (Lipinski definition) is 0. The number of hydrogen-bond acceptors (Lipinski definition) is 0. The highest BCUT2D eigenvalue weighted by atomic mass is 14.5. The van der Waals surface area contributed by atoms with E-state index < -0.39 is 0 Å². The molecule has 0 radical (unpaired) electrons. The lowest BCUT2D eigenvalue weighted by Crippen LogP contribution is -2.18. The van der Waals surface area contributed by atoms with Gasteiger partial charge in [-0.2, -0.15) is 0 Å². The van der Waals surface area contributed by atoms with Crippen LogP contribution in [0.25, 0.3) is 54.6 Å². The first-order valence-corrected chi connectivity index (χ1v) is 16.6. The van der Waals surface area contributed by atoms with Crippen molar-refractivity contribution in [2.45, 2.75) is 51.9 Å². The summed E-state index contributed by atoms with van der Waals surface area (Å²) in [4.78, 5) is 0. The van der Waals surface area contributed by atoms with Crippen molar-refractivity contribution in [2.24, 2.45) is 0 Å². The van der Waals surface area contributed by atoms with Gasteiger partial charge in [-0.05, 0) is 131 Å². The Balaban J connectivity index is 1.28. The van der Waals surface area contributed by atoms with Gasteiger partial charge in [0, 0.05) is 10.8 Å². The van der Waals surface area contributed by atoms with E-state index in [9.17, 15) is 0 Å². The Bertz CT molecular complexity index is 2410. The molecule has 0 heteroatoms. The molecule has 6 aromatic carbocycles. The molecule has 0 N–H and O–H groups in total. The third-order valence-electron chi connectivity index (χ3n) is 11.3. The molecule has 0 bridgehead atoms. The minimum absolute atomic E-state index is 0.0967. The highest BCUT2D eigenvalue weighted by Crippen LogP contribution is 2.59. The van der Waals surface area contributed by atoms with Gasteiger partial charge in [-0.3, -0.25) is 0 Å². The van der Waals surface area contributed by atoms with Gasteiger partial charge in [0.2, 0.25) is 0 Å². The Labute approximate surface area is 272 Å². The van der Waals surface area contributed by atoms with Crippen LogP contribution in [-0.4, -0.2) is 0 Å². The lowest BCUT2D eigenvalue weighted by Gasteiger charge is -2.27. The van der Waals surface area contributed by atoms with E-state index in [-0.39, 0.29) is 10.8 Å². The van der Waals surface area contributed by atoms with Gasteiger partial charge in [-0.1, -0.05) is 131 Å². The quantitative estimate of drug-likeness (QED) is 0.142. The van der Waals surface area contributed by atoms with Crippen LogP contribution in [0.5, 0.6) is 0 Å². The maximum atomic E-state index is 3.90. The van der Waals surface area contributed by atoms with E-state index >= 15 is 0 Å². The van der Waals surface area contributed by atoms with E-state index in [0.717, 1.165) is 6.42 Å². The number of allylic oxidation sites excluding steroid dienone is 9. The molecule has 3 aliphatic rings. The van der Waals surface area contributed by atoms with Crippen molar-refractivity contribution >= 4 is 43.5 Å². The monoisotopic (exact) mass is 590 g/mol. The van der Waals surface area contributed by atoms with Gasteiger partial charge in [-0.25, -0.2) is 0 Å². The van der Waals surface area contributed by atoms with Gasteiger partial charge < -0.3 is 0 Å². The summed E-state index contributed by atoms with van der Waals surface area (Å²) in [7, 11) is 0. The Kier molecular flexibility index (Phi) is 5.54. The zero-order valence-electron chi connectivity index (χ0n) is 27.4. The second-order valence-corrected chi connectivity index (χ2v) is 14.7. The van der Waals surface area contributed by atoms with E-state index in [1.54, 1.807) is 0 Å². The first-order chi connectivity index (χ1) is 22.2. The zero-order chi connectivity index (χ0) is 31.5. The van der Waals surface area contributed by atoms with Gasteiger partial charge >= 0.3 is 0 Å². The minimum Gasteiger partial charge on any atom is -0.0991 e. The van der Waals surface area contributed by atoms with Crippen LogP contribution < -0.4 is 0 Å². The summed E-state index contributed by atoms with van der Waals surface area (Å²) < 4.78 is 0. The maximum absolute atomic E-state index is 3.90. The van der Waals surface area contributed by atoms with Crippen molar-refractivity contribution in [3.05, 3.63) is 166 Å². The minimum atomic E-state index is -0.102. The standard InChI is InChI=1S/C46H38/c1-7-8-9-11-31-22-35-36-25-40-37(26-39(36)45(3,4)38(35)24-34(31)28-16-14-27(2)15-17-28)44-33-21-20-30-13-10-12-29-18-19-32(43(33)42(29)30)23-41(44)46(40,5)6/h7-21,23-26H,1,22H2,2-6H3/b9-8-,31-11+. The average molecular weight is 591 g/mol. The second kappa shape index (κ2) is 9.30. The van der Waals surface area contributed by atoms with Crippen molar-refractivity contribution in [1.82, 2.24) is 0 Å². The molecule has 0 amide bonds. The van der Waals surface area contributed by atoms with Crippen molar-refractivity contribution in [3.63, 3.8) is 0 Å². The van der Waals surface area contributed by atoms with Crippen molar-refractivity contribution in [1.29, 1.82) is 0 Å². The molecule has 0 atom stereocenters. The Morgan fingerprint density at radius 1 is 0.674 bits per heavy atom. The van der Waals surface area contributed by atoms with Gasteiger partial charge in [0.15, 0.2) is 0 Å². The van der Waals surface area contributed by atoms with E-state index in [1.165, 1.54) is 99.1 Å². The fourth-order valence-corrected chi connectivity index (χ4v) is 8.88. The Hall–Kier alpha value is -4.94. The molecule has 46 heavy (non-hydrogen) atoms. The lowest BCUT2D eigenvalue weighted by atomic mass is 9.76. The normalized spacial score (nSPS) is 18.5. The average Bonchev–Trinajstić information content (AvgIpc) is 3.41. The molecule has 6 aromatic rings. The van der Waals surface area contributed by atoms with E-state index in [1.807, 2.05) is 12.2 Å². The Morgan fingerprint density at radius 3 is 2.13 bits per heavy atom. The van der Waals surface area contributed by atoms with Crippen molar-refractivity contribution in [3.8, 4) is 11.1 Å². The second-order valence-electron chi connectivity index (χ2n) is 14.7. The molecule has 0 aromatic heterocycles. The summed E-state index contributed by atoms with van der Waals surface area (Å²) >= 11 is 0. The third-order valence-corrected chi connectivity index (χ3v) is 11.3. The topological polar surface area (TPSA) is 0 Å². The summed E-state index contributed by atoms with van der Waals surface area (Å²) in [6, 6.07) is 32.7. The van der Waals surface area contributed by atoms with Crippen LogP contribution in [-0.2, 0) is 10.8 Å². The van der Waals surface area contributed by atoms with Gasteiger partial charge in [-0.15, -0.1) is 0 Å². The zero-order valence-corrected chi connectivity index (χ0v) is 27.4. The number of benzene rings is 6. The first kappa shape index (κ1) is 27.4. The molecule has 0 fully saturated rings. The fourth-order valence-electron chi connectivity index (χ4n) is 8.88. The summed E-state index contributed by atoms with van der Waals surface area (Å²) in [5.41, 5.74) is 16.6. The molecular weight excluding hydrogens is 553 g/mol. The van der Waals surface area contributed by atoms with Crippen molar-refractivity contribution < 1.29 is 0 Å². The van der Waals surface area contributed by atoms with E-state index in [4.69, 9.17) is 0 Å². The molecule has 0 nitrogen and oxygen atoms in total. The van der Waals surface area contributed by atoms with E-state index in [2.05, 4.69) is 144 Å². The molecule has 0 aliphatic heterocycles. The smallest absolute Gasteiger partial charge is 0.0159 e. The molecule has 0 spiro atoms. The SMILES string of the molecule is C=C/C=C\C=C1/CC2=C(C=C1c1ccc(C)cc1)C(C)(C)c1cc3c(cc12)C(C)(C)c1cc2ccc4cccc5ccc(c1-3)c2c45. The Morgan fingerprint density at radius 2 is 1.37 bits per heavy atom. The van der Waals surface area contributed by atoms with E-state index in [0.29, 0.717) is 0 Å². The fraction of sp³-hybridized carbons (Fsp3) is 0.174. The summed E-state index contributed by atoms with van der Waals surface area (Å²) in [6.45, 7) is 15.8. The predicted molar refractivity (Wildman–Crippen MR) is 199 cm³/mol. The largest absolute Gasteiger partial charge is 0.0991 e. The van der Waals surface area contributed by atoms with Crippen molar-refractivity contribution in [2.75, 3.05) is 0 Å². The molecular formula is C46H38. The first-order valence-electron chi connectivity index (χ1n) is 16.6.